The summed E-state index contributed by atoms with van der Waals surface area (Å²) >= 11 is 12.2. The van der Waals surface area contributed by atoms with Gasteiger partial charge in [0.25, 0.3) is 5.91 Å². The molecule has 35 heavy (non-hydrogen) atoms. The zero-order valence-corrected chi connectivity index (χ0v) is 19.8. The first-order valence-corrected chi connectivity index (χ1v) is 11.4. The molecule has 0 bridgehead atoms. The minimum atomic E-state index is -0.521. The lowest BCUT2D eigenvalue weighted by Crippen LogP contribution is -2.23. The van der Waals surface area contributed by atoms with E-state index in [4.69, 9.17) is 35.5 Å². The predicted molar refractivity (Wildman–Crippen MR) is 138 cm³/mol. The molecule has 4 rings (SSSR count). The fraction of sp³-hybridized carbons (Fsp3) is 0.120. The van der Waals surface area contributed by atoms with E-state index in [-0.39, 0.29) is 11.8 Å². The lowest BCUT2D eigenvalue weighted by atomic mass is 9.94. The van der Waals surface area contributed by atoms with Gasteiger partial charge in [0.2, 0.25) is 5.91 Å². The predicted octanol–water partition coefficient (Wildman–Crippen LogP) is 5.74. The molecule has 0 aliphatic rings. The fourth-order valence-corrected chi connectivity index (χ4v) is 3.93. The van der Waals surface area contributed by atoms with Gasteiger partial charge in [-0.3, -0.25) is 14.7 Å². The molecule has 1 heterocycles. The number of hydrogen-bond donors (Lipinski definition) is 4. The third-order valence-corrected chi connectivity index (χ3v) is 6.18. The van der Waals surface area contributed by atoms with Gasteiger partial charge in [0.15, 0.2) is 11.5 Å². The number of hydrogen-bond acceptors (Lipinski definition) is 4. The summed E-state index contributed by atoms with van der Waals surface area (Å²) in [5.74, 6) is -0.820. The number of fused-ring (bicyclic) bond motifs is 1. The van der Waals surface area contributed by atoms with Crippen molar-refractivity contribution in [1.82, 2.24) is 10.2 Å². The standard InChI is InChI=1S/C25H20Cl2N6O2/c1-29-16-5-2-14(3-6-16)24(34)31-23-19-13-17(7-9-22(19)32-33-23)30-25(35)18(10-11-28)15-4-8-20(26)21(27)12-15/h2-9,12-13,18H,10-11,28H2,(H,30,35)(H2,31,32,33,34). The highest BCUT2D eigenvalue weighted by Gasteiger charge is 2.21. The van der Waals surface area contributed by atoms with Crippen LogP contribution in [0.3, 0.4) is 0 Å². The first kappa shape index (κ1) is 24.2. The Morgan fingerprint density at radius 1 is 1.03 bits per heavy atom. The van der Waals surface area contributed by atoms with Gasteiger partial charge < -0.3 is 16.4 Å². The van der Waals surface area contributed by atoms with E-state index >= 15 is 0 Å². The number of nitrogens with two attached hydrogens (primary N) is 1. The van der Waals surface area contributed by atoms with E-state index < -0.39 is 5.92 Å². The summed E-state index contributed by atoms with van der Waals surface area (Å²) in [5.41, 5.74) is 8.52. The number of nitrogens with zero attached hydrogens (tertiary/aromatic N) is 2. The van der Waals surface area contributed by atoms with Crippen LogP contribution in [0.15, 0.2) is 60.7 Å². The topological polar surface area (TPSA) is 117 Å². The molecule has 0 aliphatic carbocycles. The zero-order valence-electron chi connectivity index (χ0n) is 18.3. The van der Waals surface area contributed by atoms with Gasteiger partial charge in [-0.25, -0.2) is 4.85 Å². The van der Waals surface area contributed by atoms with Gasteiger partial charge >= 0.3 is 0 Å². The molecule has 0 spiro atoms. The van der Waals surface area contributed by atoms with Crippen molar-refractivity contribution in [2.45, 2.75) is 12.3 Å². The summed E-state index contributed by atoms with van der Waals surface area (Å²) in [6.07, 6.45) is 0.422. The minimum Gasteiger partial charge on any atom is -0.330 e. The van der Waals surface area contributed by atoms with Crippen LogP contribution in [-0.2, 0) is 4.79 Å². The van der Waals surface area contributed by atoms with Gasteiger partial charge in [-0.2, -0.15) is 5.10 Å². The fourth-order valence-electron chi connectivity index (χ4n) is 3.63. The summed E-state index contributed by atoms with van der Waals surface area (Å²) in [6.45, 7) is 7.33. The lowest BCUT2D eigenvalue weighted by molar-refractivity contribution is -0.117. The van der Waals surface area contributed by atoms with E-state index in [2.05, 4.69) is 25.7 Å². The van der Waals surface area contributed by atoms with E-state index in [0.717, 1.165) is 0 Å². The highest BCUT2D eigenvalue weighted by molar-refractivity contribution is 6.42. The van der Waals surface area contributed by atoms with E-state index in [9.17, 15) is 9.59 Å². The average Bonchev–Trinajstić information content (AvgIpc) is 3.26. The lowest BCUT2D eigenvalue weighted by Gasteiger charge is -2.17. The van der Waals surface area contributed by atoms with Crippen molar-refractivity contribution in [3.63, 3.8) is 0 Å². The number of H-pyrrole nitrogens is 1. The van der Waals surface area contributed by atoms with Crippen LogP contribution in [0.1, 0.15) is 28.3 Å². The Bertz CT molecular complexity index is 1440. The Hall–Kier alpha value is -3.90. The monoisotopic (exact) mass is 506 g/mol. The Morgan fingerprint density at radius 3 is 2.49 bits per heavy atom. The highest BCUT2D eigenvalue weighted by Crippen LogP contribution is 2.30. The number of aromatic nitrogens is 2. The molecule has 3 aromatic carbocycles. The number of rotatable bonds is 7. The second-order valence-corrected chi connectivity index (χ2v) is 8.55. The van der Waals surface area contributed by atoms with E-state index in [1.807, 2.05) is 0 Å². The van der Waals surface area contributed by atoms with Gasteiger partial charge in [-0.15, -0.1) is 0 Å². The van der Waals surface area contributed by atoms with E-state index in [1.54, 1.807) is 60.7 Å². The van der Waals surface area contributed by atoms with Gasteiger partial charge in [0.1, 0.15) is 0 Å². The van der Waals surface area contributed by atoms with Crippen LogP contribution in [0.5, 0.6) is 0 Å². The number of aromatic amines is 1. The number of halogens is 2. The number of anilines is 2. The number of amides is 2. The van der Waals surface area contributed by atoms with Crippen molar-refractivity contribution < 1.29 is 9.59 Å². The highest BCUT2D eigenvalue weighted by atomic mass is 35.5. The molecule has 0 saturated carbocycles. The third kappa shape index (κ3) is 5.44. The van der Waals surface area contributed by atoms with Crippen LogP contribution in [0.25, 0.3) is 15.7 Å². The first-order chi connectivity index (χ1) is 16.9. The third-order valence-electron chi connectivity index (χ3n) is 5.44. The van der Waals surface area contributed by atoms with Crippen molar-refractivity contribution >= 4 is 63.1 Å². The smallest absolute Gasteiger partial charge is 0.256 e. The molecule has 0 aliphatic heterocycles. The van der Waals surface area contributed by atoms with Crippen LogP contribution >= 0.6 is 23.2 Å². The molecule has 1 unspecified atom stereocenters. The second-order valence-electron chi connectivity index (χ2n) is 7.74. The van der Waals surface area contributed by atoms with Crippen LogP contribution in [0.2, 0.25) is 10.0 Å². The second kappa shape index (κ2) is 10.6. The molecule has 8 nitrogen and oxygen atoms in total. The maximum Gasteiger partial charge on any atom is 0.256 e. The van der Waals surface area contributed by atoms with Crippen molar-refractivity contribution in [3.05, 3.63) is 93.3 Å². The summed E-state index contributed by atoms with van der Waals surface area (Å²) in [7, 11) is 0. The van der Waals surface area contributed by atoms with Crippen molar-refractivity contribution in [1.29, 1.82) is 0 Å². The summed E-state index contributed by atoms with van der Waals surface area (Å²) in [4.78, 5) is 29.1. The van der Waals surface area contributed by atoms with Gasteiger partial charge in [-0.1, -0.05) is 53.5 Å². The summed E-state index contributed by atoms with van der Waals surface area (Å²) < 4.78 is 0. The number of carbonyl (C=O) groups excluding carboxylic acids is 2. The van der Waals surface area contributed by atoms with Crippen molar-refractivity contribution in [2.75, 3.05) is 17.2 Å². The average molecular weight is 507 g/mol. The largest absolute Gasteiger partial charge is 0.330 e. The molecule has 1 aromatic heterocycles. The molecule has 0 fully saturated rings. The van der Waals surface area contributed by atoms with Crippen LogP contribution < -0.4 is 16.4 Å². The first-order valence-electron chi connectivity index (χ1n) is 10.6. The number of nitrogens with one attached hydrogen (secondary N) is 3. The minimum absolute atomic E-state index is 0.248. The van der Waals surface area contributed by atoms with E-state index in [1.165, 1.54) is 0 Å². The van der Waals surface area contributed by atoms with Crippen LogP contribution in [0, 0.1) is 6.57 Å². The van der Waals surface area contributed by atoms with Crippen LogP contribution in [-0.4, -0.2) is 28.6 Å². The normalized spacial score (nSPS) is 11.6. The molecule has 1 atom stereocenters. The summed E-state index contributed by atoms with van der Waals surface area (Å²) in [6, 6.07) is 16.6. The summed E-state index contributed by atoms with van der Waals surface area (Å²) in [5, 5.41) is 14.1. The molecule has 4 aromatic rings. The SMILES string of the molecule is [C-]#[N+]c1ccc(C(=O)Nc2n[nH]c3ccc(NC(=O)C(CCN)c4ccc(Cl)c(Cl)c4)cc23)cc1. The molecule has 176 valence electrons. The zero-order chi connectivity index (χ0) is 24.9. The van der Waals surface area contributed by atoms with Crippen molar-refractivity contribution in [3.8, 4) is 0 Å². The number of carbonyl (C=O) groups is 2. The molecule has 5 N–H and O–H groups in total. The molecule has 10 heteroatoms. The van der Waals surface area contributed by atoms with Crippen LogP contribution in [0.4, 0.5) is 17.2 Å². The number of benzene rings is 3. The maximum atomic E-state index is 13.1. The Balaban J connectivity index is 1.55. The van der Waals surface area contributed by atoms with Gasteiger partial charge in [0.05, 0.1) is 28.1 Å². The van der Waals surface area contributed by atoms with E-state index in [0.29, 0.717) is 62.2 Å². The Labute approximate surface area is 211 Å². The molecular weight excluding hydrogens is 487 g/mol. The Morgan fingerprint density at radius 2 is 1.80 bits per heavy atom. The Kier molecular flexibility index (Phi) is 7.32. The van der Waals surface area contributed by atoms with Gasteiger partial charge in [0, 0.05) is 16.6 Å². The molecule has 2 amide bonds. The van der Waals surface area contributed by atoms with Crippen molar-refractivity contribution in [2.24, 2.45) is 5.73 Å². The molecule has 0 saturated heterocycles. The maximum absolute atomic E-state index is 13.1. The quantitative estimate of drug-likeness (QED) is 0.239. The van der Waals surface area contributed by atoms with Gasteiger partial charge in [-0.05, 0) is 48.9 Å². The molecule has 0 radical (unpaired) electrons. The molecular formula is C25H20Cl2N6O2.